The number of carbonyl (C=O) groups excluding carboxylic acids is 1. The van der Waals surface area contributed by atoms with Gasteiger partial charge >= 0.3 is 0 Å². The highest BCUT2D eigenvalue weighted by Gasteiger charge is 2.10. The van der Waals surface area contributed by atoms with Gasteiger partial charge < -0.3 is 9.88 Å². The first-order chi connectivity index (χ1) is 9.50. The number of nitrogens with one attached hydrogen (secondary N) is 1. The van der Waals surface area contributed by atoms with E-state index in [0.717, 1.165) is 6.42 Å². The fourth-order valence-electron chi connectivity index (χ4n) is 2.24. The number of hydrogen-bond acceptors (Lipinski definition) is 1. The first kappa shape index (κ1) is 14.7. The molecule has 1 aromatic heterocycles. The van der Waals surface area contributed by atoms with Crippen LogP contribution in [0.25, 0.3) is 0 Å². The number of rotatable bonds is 4. The summed E-state index contributed by atoms with van der Waals surface area (Å²) >= 11 is 6.00. The average molecular weight is 291 g/mol. The van der Waals surface area contributed by atoms with E-state index in [0.29, 0.717) is 17.1 Å². The monoisotopic (exact) mass is 290 g/mol. The third-order valence-corrected chi connectivity index (χ3v) is 4.01. The summed E-state index contributed by atoms with van der Waals surface area (Å²) in [6.45, 7) is 4.78. The van der Waals surface area contributed by atoms with Gasteiger partial charge in [0.1, 0.15) is 0 Å². The van der Waals surface area contributed by atoms with Gasteiger partial charge in [-0.15, -0.1) is 0 Å². The Morgan fingerprint density at radius 2 is 2.00 bits per heavy atom. The molecule has 1 heterocycles. The van der Waals surface area contributed by atoms with Gasteiger partial charge in [0, 0.05) is 25.0 Å². The first-order valence-corrected chi connectivity index (χ1v) is 7.03. The Labute approximate surface area is 124 Å². The predicted octanol–water partition coefficient (Wildman–Crippen LogP) is 3.27. The molecule has 0 bridgehead atoms. The second kappa shape index (κ2) is 6.14. The van der Waals surface area contributed by atoms with Crippen molar-refractivity contribution in [1.29, 1.82) is 0 Å². The van der Waals surface area contributed by atoms with Crippen LogP contribution < -0.4 is 5.32 Å². The molecule has 2 aromatic rings. The van der Waals surface area contributed by atoms with E-state index in [2.05, 4.69) is 36.8 Å². The van der Waals surface area contributed by atoms with Crippen molar-refractivity contribution in [3.05, 3.63) is 57.9 Å². The summed E-state index contributed by atoms with van der Waals surface area (Å²) in [5, 5.41) is 3.39. The smallest absolute Gasteiger partial charge is 0.252 e. The zero-order valence-corrected chi connectivity index (χ0v) is 12.8. The molecule has 0 aliphatic rings. The van der Waals surface area contributed by atoms with Gasteiger partial charge in [-0.05, 0) is 44.0 Å². The average Bonchev–Trinajstić information content (AvgIpc) is 2.67. The molecule has 0 saturated carbocycles. The molecular formula is C16H19ClN2O. The summed E-state index contributed by atoms with van der Waals surface area (Å²) in [7, 11) is 2.05. The van der Waals surface area contributed by atoms with Gasteiger partial charge in [0.15, 0.2) is 0 Å². The number of amides is 1. The molecule has 106 valence electrons. The molecule has 1 amide bonds. The fourth-order valence-corrected chi connectivity index (χ4v) is 2.46. The minimum absolute atomic E-state index is 0.124. The molecule has 0 aliphatic carbocycles. The van der Waals surface area contributed by atoms with Crippen LogP contribution in [-0.4, -0.2) is 17.0 Å². The second-order valence-electron chi connectivity index (χ2n) is 4.94. The van der Waals surface area contributed by atoms with Crippen molar-refractivity contribution in [2.75, 3.05) is 6.54 Å². The zero-order chi connectivity index (χ0) is 14.7. The topological polar surface area (TPSA) is 34.0 Å². The molecule has 0 atom stereocenters. The highest BCUT2D eigenvalue weighted by Crippen LogP contribution is 2.15. The number of nitrogens with zero attached hydrogens (tertiary/aromatic N) is 1. The van der Waals surface area contributed by atoms with Gasteiger partial charge in [-0.3, -0.25) is 4.79 Å². The van der Waals surface area contributed by atoms with Crippen molar-refractivity contribution in [3.8, 4) is 0 Å². The molecule has 0 saturated heterocycles. The van der Waals surface area contributed by atoms with E-state index >= 15 is 0 Å². The van der Waals surface area contributed by atoms with E-state index in [4.69, 9.17) is 11.6 Å². The summed E-state index contributed by atoms with van der Waals surface area (Å²) < 4.78 is 2.16. The number of carbonyl (C=O) groups is 1. The van der Waals surface area contributed by atoms with Gasteiger partial charge in [0.05, 0.1) is 10.6 Å². The maximum absolute atomic E-state index is 12.0. The van der Waals surface area contributed by atoms with Crippen LogP contribution in [0.3, 0.4) is 0 Å². The predicted molar refractivity (Wildman–Crippen MR) is 82.4 cm³/mol. The third kappa shape index (κ3) is 3.05. The Morgan fingerprint density at radius 3 is 2.60 bits per heavy atom. The number of benzene rings is 1. The molecule has 2 rings (SSSR count). The lowest BCUT2D eigenvalue weighted by Crippen LogP contribution is -2.26. The molecule has 1 aromatic carbocycles. The number of aryl methyl sites for hydroxylation is 1. The molecule has 4 heteroatoms. The largest absolute Gasteiger partial charge is 0.352 e. The molecular weight excluding hydrogens is 272 g/mol. The van der Waals surface area contributed by atoms with E-state index in [1.807, 2.05) is 12.1 Å². The number of hydrogen-bond donors (Lipinski definition) is 1. The van der Waals surface area contributed by atoms with Crippen molar-refractivity contribution < 1.29 is 4.79 Å². The van der Waals surface area contributed by atoms with Crippen LogP contribution in [-0.2, 0) is 13.5 Å². The van der Waals surface area contributed by atoms with Crippen LogP contribution in [0.5, 0.6) is 0 Å². The Bertz CT molecular complexity index is 631. The lowest BCUT2D eigenvalue weighted by atomic mass is 10.1. The van der Waals surface area contributed by atoms with Gasteiger partial charge in [0.25, 0.3) is 5.91 Å². The number of halogens is 1. The van der Waals surface area contributed by atoms with E-state index in [1.54, 1.807) is 12.1 Å². The lowest BCUT2D eigenvalue weighted by molar-refractivity contribution is 0.0954. The fraction of sp³-hybridized carbons (Fsp3) is 0.312. The van der Waals surface area contributed by atoms with Crippen LogP contribution in [0.2, 0.25) is 5.02 Å². The van der Waals surface area contributed by atoms with E-state index in [1.165, 1.54) is 17.0 Å². The van der Waals surface area contributed by atoms with E-state index < -0.39 is 0 Å². The van der Waals surface area contributed by atoms with Crippen LogP contribution >= 0.6 is 11.6 Å². The summed E-state index contributed by atoms with van der Waals surface area (Å²) in [5.74, 6) is -0.124. The molecule has 3 nitrogen and oxygen atoms in total. The van der Waals surface area contributed by atoms with Crippen LogP contribution in [0, 0.1) is 13.8 Å². The first-order valence-electron chi connectivity index (χ1n) is 6.65. The van der Waals surface area contributed by atoms with E-state index in [9.17, 15) is 4.79 Å². The molecule has 20 heavy (non-hydrogen) atoms. The highest BCUT2D eigenvalue weighted by atomic mass is 35.5. The Hall–Kier alpha value is -1.74. The molecule has 1 N–H and O–H groups in total. The Balaban J connectivity index is 1.95. The van der Waals surface area contributed by atoms with Gasteiger partial charge in [0.2, 0.25) is 0 Å². The zero-order valence-electron chi connectivity index (χ0n) is 12.0. The SMILES string of the molecule is Cc1cc(CCNC(=O)c2ccccc2Cl)c(C)n1C. The molecule has 0 aliphatic heterocycles. The van der Waals surface area contributed by atoms with Gasteiger partial charge in [-0.25, -0.2) is 0 Å². The third-order valence-electron chi connectivity index (χ3n) is 3.68. The molecule has 0 spiro atoms. The molecule has 0 unspecified atom stereocenters. The molecule has 0 radical (unpaired) electrons. The Kier molecular flexibility index (Phi) is 4.50. The minimum Gasteiger partial charge on any atom is -0.352 e. The summed E-state index contributed by atoms with van der Waals surface area (Å²) in [6, 6.07) is 9.24. The minimum atomic E-state index is -0.124. The highest BCUT2D eigenvalue weighted by molar-refractivity contribution is 6.33. The summed E-state index contributed by atoms with van der Waals surface area (Å²) in [6.07, 6.45) is 0.823. The normalized spacial score (nSPS) is 10.6. The number of aromatic nitrogens is 1. The molecule has 0 fully saturated rings. The van der Waals surface area contributed by atoms with Crippen molar-refractivity contribution in [3.63, 3.8) is 0 Å². The van der Waals surface area contributed by atoms with Gasteiger partial charge in [-0.1, -0.05) is 23.7 Å². The van der Waals surface area contributed by atoms with Crippen LogP contribution in [0.1, 0.15) is 27.3 Å². The van der Waals surface area contributed by atoms with Crippen LogP contribution in [0.15, 0.2) is 30.3 Å². The summed E-state index contributed by atoms with van der Waals surface area (Å²) in [4.78, 5) is 12.0. The summed E-state index contributed by atoms with van der Waals surface area (Å²) in [5.41, 5.74) is 4.27. The van der Waals surface area contributed by atoms with Gasteiger partial charge in [-0.2, -0.15) is 0 Å². The van der Waals surface area contributed by atoms with E-state index in [-0.39, 0.29) is 5.91 Å². The van der Waals surface area contributed by atoms with Crippen molar-refractivity contribution in [2.24, 2.45) is 7.05 Å². The lowest BCUT2D eigenvalue weighted by Gasteiger charge is -2.07. The van der Waals surface area contributed by atoms with Crippen LogP contribution in [0.4, 0.5) is 0 Å². The standard InChI is InChI=1S/C16H19ClN2O/c1-11-10-13(12(2)19(11)3)8-9-18-16(20)14-6-4-5-7-15(14)17/h4-7,10H,8-9H2,1-3H3,(H,18,20). The Morgan fingerprint density at radius 1 is 1.30 bits per heavy atom. The van der Waals surface area contributed by atoms with Crippen molar-refractivity contribution in [1.82, 2.24) is 9.88 Å². The maximum atomic E-state index is 12.0. The maximum Gasteiger partial charge on any atom is 0.252 e. The van der Waals surface area contributed by atoms with Crippen molar-refractivity contribution in [2.45, 2.75) is 20.3 Å². The van der Waals surface area contributed by atoms with Crippen molar-refractivity contribution >= 4 is 17.5 Å². The second-order valence-corrected chi connectivity index (χ2v) is 5.35. The quantitative estimate of drug-likeness (QED) is 0.921.